The standard InChI is InChI=1S/C54H66N6O3/c55-37-1-4-43(40(58)16-37)61-49-47(53-22-31-10-32(23-53)12-33(11-31)24-53)46(52-19-28-7-29(20-52)9-30(8-28)21-52)48(54-25-34-13-35(26-54)15-36(14-34)27-54)50(62-44-5-2-38(56)17-41(44)59)51(49)63-45-6-3-39(57)18-42(45)60/h1-6,16-18,28-36H,7-15,19-27,55-60H2. The van der Waals surface area contributed by atoms with E-state index in [1.165, 1.54) is 127 Å². The van der Waals surface area contributed by atoms with Crippen LogP contribution in [0.15, 0.2) is 54.6 Å². The molecule has 12 N–H and O–H groups in total. The third-order valence-corrected chi connectivity index (χ3v) is 18.8. The molecule has 12 bridgehead atoms. The number of anilines is 6. The summed E-state index contributed by atoms with van der Waals surface area (Å²) in [7, 11) is 0. The smallest absolute Gasteiger partial charge is 0.213 e. The number of benzene rings is 4. The first-order chi connectivity index (χ1) is 30.4. The van der Waals surface area contributed by atoms with Crippen LogP contribution < -0.4 is 48.6 Å². The summed E-state index contributed by atoms with van der Waals surface area (Å²) >= 11 is 0. The molecule has 16 rings (SSSR count). The highest BCUT2D eigenvalue weighted by Gasteiger charge is 2.62. The number of ether oxygens (including phenoxy) is 3. The molecule has 4 aromatic rings. The van der Waals surface area contributed by atoms with E-state index in [1.807, 2.05) is 48.5 Å². The van der Waals surface area contributed by atoms with Gasteiger partial charge in [0.15, 0.2) is 28.7 Å². The Labute approximate surface area is 372 Å². The van der Waals surface area contributed by atoms with Crippen LogP contribution in [0, 0.1) is 53.3 Å². The Balaban J connectivity index is 1.19. The summed E-state index contributed by atoms with van der Waals surface area (Å²) in [5, 5.41) is 0. The number of nitrogens with two attached hydrogens (primary N) is 6. The predicted molar refractivity (Wildman–Crippen MR) is 252 cm³/mol. The van der Waals surface area contributed by atoms with Gasteiger partial charge in [0.05, 0.1) is 17.1 Å². The second-order valence-electron chi connectivity index (χ2n) is 23.4. The summed E-state index contributed by atoms with van der Waals surface area (Å²) in [6.45, 7) is 0. The molecule has 0 aromatic heterocycles. The van der Waals surface area contributed by atoms with Crippen LogP contribution in [-0.4, -0.2) is 0 Å². The van der Waals surface area contributed by atoms with Crippen LogP contribution in [-0.2, 0) is 16.2 Å². The Morgan fingerprint density at radius 1 is 0.317 bits per heavy atom. The van der Waals surface area contributed by atoms with E-state index in [-0.39, 0.29) is 16.2 Å². The first-order valence-electron chi connectivity index (χ1n) is 24.6. The topological polar surface area (TPSA) is 184 Å². The molecule has 9 nitrogen and oxygen atoms in total. The van der Waals surface area contributed by atoms with Gasteiger partial charge >= 0.3 is 0 Å². The van der Waals surface area contributed by atoms with E-state index < -0.39 is 0 Å². The fourth-order valence-corrected chi connectivity index (χ4v) is 18.1. The zero-order valence-electron chi connectivity index (χ0n) is 36.8. The largest absolute Gasteiger partial charge is 0.451 e. The first kappa shape index (κ1) is 38.5. The maximum absolute atomic E-state index is 7.65. The molecule has 0 atom stereocenters. The van der Waals surface area contributed by atoms with E-state index in [2.05, 4.69) is 0 Å². The minimum Gasteiger partial charge on any atom is -0.451 e. The van der Waals surface area contributed by atoms with Gasteiger partial charge < -0.3 is 48.6 Å². The van der Waals surface area contributed by atoms with Crippen molar-refractivity contribution < 1.29 is 14.2 Å². The van der Waals surface area contributed by atoms with Crippen molar-refractivity contribution in [3.63, 3.8) is 0 Å². The van der Waals surface area contributed by atoms with E-state index >= 15 is 0 Å². The number of hydrogen-bond acceptors (Lipinski definition) is 9. The number of nitrogen functional groups attached to an aromatic ring is 6. The third-order valence-electron chi connectivity index (χ3n) is 18.8. The molecule has 0 aliphatic heterocycles. The minimum absolute atomic E-state index is 0.000373. The Bertz CT molecular complexity index is 2320. The van der Waals surface area contributed by atoms with Crippen molar-refractivity contribution in [2.45, 2.75) is 132 Å². The Hall–Kier alpha value is -4.92. The van der Waals surface area contributed by atoms with Crippen LogP contribution in [0.4, 0.5) is 34.1 Å². The van der Waals surface area contributed by atoms with Crippen molar-refractivity contribution in [1.29, 1.82) is 0 Å². The lowest BCUT2D eigenvalue weighted by atomic mass is 9.41. The summed E-state index contributed by atoms with van der Waals surface area (Å²) in [5.74, 6) is 10.2. The molecule has 12 saturated carbocycles. The van der Waals surface area contributed by atoms with E-state index in [4.69, 9.17) is 48.6 Å². The average Bonchev–Trinajstić information content (AvgIpc) is 3.20. The molecule has 4 aromatic carbocycles. The van der Waals surface area contributed by atoms with E-state index in [1.54, 1.807) is 11.6 Å². The summed E-state index contributed by atoms with van der Waals surface area (Å²) in [5.41, 5.74) is 47.4. The van der Waals surface area contributed by atoms with Gasteiger partial charge in [-0.3, -0.25) is 0 Å². The van der Waals surface area contributed by atoms with Crippen LogP contribution in [0.3, 0.4) is 0 Å². The highest BCUT2D eigenvalue weighted by atomic mass is 16.5. The Morgan fingerprint density at radius 2 is 0.556 bits per heavy atom. The van der Waals surface area contributed by atoms with Crippen molar-refractivity contribution in [2.75, 3.05) is 34.4 Å². The molecule has 63 heavy (non-hydrogen) atoms. The van der Waals surface area contributed by atoms with Crippen molar-refractivity contribution >= 4 is 34.1 Å². The number of hydrogen-bond donors (Lipinski definition) is 6. The number of rotatable bonds is 9. The van der Waals surface area contributed by atoms with Gasteiger partial charge in [-0.15, -0.1) is 0 Å². The zero-order valence-corrected chi connectivity index (χ0v) is 36.8. The minimum atomic E-state index is -0.0775. The molecule has 12 aliphatic rings. The molecule has 330 valence electrons. The van der Waals surface area contributed by atoms with Crippen LogP contribution in [0.25, 0.3) is 0 Å². The molecular weight excluding hydrogens is 781 g/mol. The molecule has 0 unspecified atom stereocenters. The second-order valence-corrected chi connectivity index (χ2v) is 23.4. The lowest BCUT2D eigenvalue weighted by Gasteiger charge is -2.63. The zero-order chi connectivity index (χ0) is 42.6. The van der Waals surface area contributed by atoms with Gasteiger partial charge in [-0.1, -0.05) is 0 Å². The Kier molecular flexibility index (Phi) is 8.29. The van der Waals surface area contributed by atoms with E-state index in [0.29, 0.717) is 92.6 Å². The molecule has 0 radical (unpaired) electrons. The van der Waals surface area contributed by atoms with E-state index in [9.17, 15) is 0 Å². The predicted octanol–water partition coefficient (Wildman–Crippen LogP) is 12.0. The van der Waals surface area contributed by atoms with Crippen molar-refractivity contribution in [3.05, 3.63) is 71.3 Å². The molecule has 0 saturated heterocycles. The highest BCUT2D eigenvalue weighted by Crippen LogP contribution is 2.73. The van der Waals surface area contributed by atoms with Gasteiger partial charge in [0, 0.05) is 39.0 Å². The highest BCUT2D eigenvalue weighted by molar-refractivity contribution is 5.75. The quantitative estimate of drug-likeness (QED) is 0.0892. The Morgan fingerprint density at radius 3 is 0.810 bits per heavy atom. The molecule has 12 aliphatic carbocycles. The normalized spacial score (nSPS) is 37.4. The van der Waals surface area contributed by atoms with Gasteiger partial charge in [-0.2, -0.15) is 0 Å². The van der Waals surface area contributed by atoms with Crippen LogP contribution >= 0.6 is 0 Å². The van der Waals surface area contributed by atoms with Gasteiger partial charge in [-0.05, 0) is 234 Å². The summed E-state index contributed by atoms with van der Waals surface area (Å²) in [4.78, 5) is 0. The van der Waals surface area contributed by atoms with Gasteiger partial charge in [0.2, 0.25) is 5.75 Å². The van der Waals surface area contributed by atoms with Crippen LogP contribution in [0.1, 0.15) is 132 Å². The van der Waals surface area contributed by atoms with Gasteiger partial charge in [0.1, 0.15) is 0 Å². The third kappa shape index (κ3) is 6.06. The average molecular weight is 847 g/mol. The molecular formula is C54H66N6O3. The maximum atomic E-state index is 7.65. The van der Waals surface area contributed by atoms with Crippen molar-refractivity contribution in [1.82, 2.24) is 0 Å². The van der Waals surface area contributed by atoms with Gasteiger partial charge in [0.25, 0.3) is 0 Å². The summed E-state index contributed by atoms with van der Waals surface area (Å²) in [6, 6.07) is 16.8. The lowest BCUT2D eigenvalue weighted by molar-refractivity contribution is -0.0255. The molecule has 0 amide bonds. The lowest BCUT2D eigenvalue weighted by Crippen LogP contribution is -2.55. The van der Waals surface area contributed by atoms with Crippen LogP contribution in [0.2, 0.25) is 0 Å². The van der Waals surface area contributed by atoms with Crippen molar-refractivity contribution in [2.24, 2.45) is 53.3 Å². The fourth-order valence-electron chi connectivity index (χ4n) is 18.1. The fraction of sp³-hybridized carbons (Fsp3) is 0.556. The molecule has 9 heteroatoms. The summed E-state index contributed by atoms with van der Waals surface area (Å²) in [6.07, 6.45) is 23.0. The molecule has 0 heterocycles. The monoisotopic (exact) mass is 847 g/mol. The maximum Gasteiger partial charge on any atom is 0.213 e. The first-order valence-corrected chi connectivity index (χ1v) is 24.6. The molecule has 12 fully saturated rings. The second kappa shape index (κ2) is 13.6. The van der Waals surface area contributed by atoms with Gasteiger partial charge in [-0.25, -0.2) is 0 Å². The van der Waals surface area contributed by atoms with Crippen LogP contribution in [0.5, 0.6) is 34.5 Å². The molecule has 0 spiro atoms. The summed E-state index contributed by atoms with van der Waals surface area (Å²) < 4.78 is 22.8. The van der Waals surface area contributed by atoms with Crippen molar-refractivity contribution in [3.8, 4) is 34.5 Å². The van der Waals surface area contributed by atoms with E-state index in [0.717, 1.165) is 29.3 Å². The SMILES string of the molecule is Nc1ccc(Oc2c(Oc3ccc(N)cc3N)c(C34CC5CC(CC(C5)C3)C4)c(C34CC5CC(CC(C5)C3)C4)c(C34CC5CC(CC(C5)C3)C4)c2Oc2ccc(N)cc2N)c(N)c1.